The molecular weight excluding hydrogens is 344 g/mol. The highest BCUT2D eigenvalue weighted by Crippen LogP contribution is 2.43. The van der Waals surface area contributed by atoms with E-state index in [1.807, 2.05) is 24.7 Å². The van der Waals surface area contributed by atoms with Gasteiger partial charge in [-0.3, -0.25) is 9.69 Å². The summed E-state index contributed by atoms with van der Waals surface area (Å²) in [4.78, 5) is 14.4. The summed E-state index contributed by atoms with van der Waals surface area (Å²) in [5, 5.41) is 12.4. The van der Waals surface area contributed by atoms with Crippen LogP contribution in [0.1, 0.15) is 43.9 Å². The van der Waals surface area contributed by atoms with Gasteiger partial charge in [-0.2, -0.15) is 5.26 Å². The largest absolute Gasteiger partial charge is 0.377 e. The first-order valence-electron chi connectivity index (χ1n) is 9.72. The Hall–Kier alpha value is -1.88. The molecule has 2 heterocycles. The zero-order chi connectivity index (χ0) is 19.4. The van der Waals surface area contributed by atoms with Crippen molar-refractivity contribution >= 4 is 5.91 Å². The van der Waals surface area contributed by atoms with Crippen LogP contribution in [-0.4, -0.2) is 60.4 Å². The molecule has 1 aromatic heterocycles. The molecule has 1 saturated heterocycles. The molecule has 27 heavy (non-hydrogen) atoms. The predicted molar refractivity (Wildman–Crippen MR) is 101 cm³/mol. The average molecular weight is 374 g/mol. The van der Waals surface area contributed by atoms with E-state index >= 15 is 0 Å². The number of ether oxygens (including phenoxy) is 2. The van der Waals surface area contributed by atoms with Crippen LogP contribution in [0.3, 0.4) is 0 Å². The Kier molecular flexibility index (Phi) is 6.20. The minimum absolute atomic E-state index is 0.0596. The van der Waals surface area contributed by atoms with E-state index in [0.29, 0.717) is 5.69 Å². The molecule has 1 aromatic rings. The number of carbonyl (C=O) groups is 1. The van der Waals surface area contributed by atoms with Gasteiger partial charge in [-0.05, 0) is 44.2 Å². The van der Waals surface area contributed by atoms with Crippen molar-refractivity contribution in [3.63, 3.8) is 0 Å². The molecule has 0 radical (unpaired) electrons. The number of methoxy groups -OCH3 is 2. The van der Waals surface area contributed by atoms with Crippen LogP contribution >= 0.6 is 0 Å². The van der Waals surface area contributed by atoms with Crippen LogP contribution in [-0.2, 0) is 27.4 Å². The number of rotatable bonds is 7. The van der Waals surface area contributed by atoms with Gasteiger partial charge in [-0.15, -0.1) is 0 Å². The third-order valence-electron chi connectivity index (χ3n) is 6.14. The minimum atomic E-state index is -0.131. The summed E-state index contributed by atoms with van der Waals surface area (Å²) < 4.78 is 12.9. The van der Waals surface area contributed by atoms with E-state index in [-0.39, 0.29) is 30.2 Å². The van der Waals surface area contributed by atoms with Crippen molar-refractivity contribution in [3.8, 4) is 6.07 Å². The Labute approximate surface area is 161 Å². The van der Waals surface area contributed by atoms with Crippen molar-refractivity contribution in [1.29, 1.82) is 5.26 Å². The molecule has 0 spiro atoms. The lowest BCUT2D eigenvalue weighted by atomic mass is 9.78. The normalized spacial score (nSPS) is 27.9. The standard InChI is InChI=1S/C20H30N4O3/c1-4-23-12-15(9-17(23)11-21)13-24-8-7-20(27-3)6-5-16(10-18(20)24)22-19(25)14-26-2/h9,12,16,18H,4-8,10,13-14H2,1-3H3,(H,22,25)/t16-,18+,20-/m1/s1. The van der Waals surface area contributed by atoms with E-state index in [0.717, 1.165) is 50.9 Å². The van der Waals surface area contributed by atoms with Gasteiger partial charge in [0.1, 0.15) is 18.4 Å². The number of amides is 1. The lowest BCUT2D eigenvalue weighted by Gasteiger charge is -2.44. The van der Waals surface area contributed by atoms with Crippen molar-refractivity contribution in [1.82, 2.24) is 14.8 Å². The number of carbonyl (C=O) groups excluding carboxylic acids is 1. The topological polar surface area (TPSA) is 79.5 Å². The lowest BCUT2D eigenvalue weighted by Crippen LogP contribution is -2.54. The van der Waals surface area contributed by atoms with Gasteiger partial charge in [-0.1, -0.05) is 0 Å². The van der Waals surface area contributed by atoms with Gasteiger partial charge in [0, 0.05) is 52.1 Å². The molecule has 0 unspecified atom stereocenters. The number of nitrogens with zero attached hydrogens (tertiary/aromatic N) is 3. The fourth-order valence-corrected chi connectivity index (χ4v) is 4.75. The second-order valence-corrected chi connectivity index (χ2v) is 7.61. The van der Waals surface area contributed by atoms with Crippen LogP contribution in [0, 0.1) is 11.3 Å². The van der Waals surface area contributed by atoms with Crippen LogP contribution in [0.2, 0.25) is 0 Å². The van der Waals surface area contributed by atoms with Crippen LogP contribution < -0.4 is 5.32 Å². The molecule has 7 heteroatoms. The molecule has 1 aliphatic carbocycles. The van der Waals surface area contributed by atoms with Gasteiger partial charge >= 0.3 is 0 Å². The smallest absolute Gasteiger partial charge is 0.246 e. The summed E-state index contributed by atoms with van der Waals surface area (Å²) in [5.41, 5.74) is 1.73. The fourth-order valence-electron chi connectivity index (χ4n) is 4.75. The zero-order valence-corrected chi connectivity index (χ0v) is 16.5. The number of nitriles is 1. The molecule has 0 aromatic carbocycles. The Balaban J connectivity index is 1.72. The van der Waals surface area contributed by atoms with E-state index in [2.05, 4.69) is 22.5 Å². The van der Waals surface area contributed by atoms with E-state index in [9.17, 15) is 10.1 Å². The second kappa shape index (κ2) is 8.42. The second-order valence-electron chi connectivity index (χ2n) is 7.61. The Morgan fingerprint density at radius 3 is 2.89 bits per heavy atom. The molecule has 148 valence electrons. The predicted octanol–water partition coefficient (Wildman–Crippen LogP) is 1.65. The summed E-state index contributed by atoms with van der Waals surface area (Å²) in [7, 11) is 3.34. The maximum absolute atomic E-state index is 11.9. The van der Waals surface area contributed by atoms with E-state index in [1.54, 1.807) is 0 Å². The SMILES string of the molecule is CCn1cc(CN2CC[C@]3(OC)CC[C@@H](NC(=O)COC)C[C@H]23)cc1C#N. The van der Waals surface area contributed by atoms with E-state index < -0.39 is 0 Å². The molecular formula is C20H30N4O3. The summed E-state index contributed by atoms with van der Waals surface area (Å²) in [6.45, 7) is 4.71. The highest BCUT2D eigenvalue weighted by atomic mass is 16.5. The van der Waals surface area contributed by atoms with Gasteiger partial charge in [0.25, 0.3) is 0 Å². The Bertz CT molecular complexity index is 711. The number of nitrogens with one attached hydrogen (secondary N) is 1. The summed E-state index contributed by atoms with van der Waals surface area (Å²) in [6.07, 6.45) is 5.84. The zero-order valence-electron chi connectivity index (χ0n) is 16.5. The Morgan fingerprint density at radius 1 is 1.44 bits per heavy atom. The average Bonchev–Trinajstić information content (AvgIpc) is 3.24. The maximum atomic E-state index is 11.9. The molecule has 2 fully saturated rings. The molecule has 3 atom stereocenters. The minimum Gasteiger partial charge on any atom is -0.377 e. The number of hydrogen-bond acceptors (Lipinski definition) is 5. The third-order valence-corrected chi connectivity index (χ3v) is 6.14. The number of aryl methyl sites for hydroxylation is 1. The van der Waals surface area contributed by atoms with Gasteiger partial charge in [0.15, 0.2) is 0 Å². The lowest BCUT2D eigenvalue weighted by molar-refractivity contribution is -0.127. The highest BCUT2D eigenvalue weighted by Gasteiger charge is 2.51. The molecule has 1 N–H and O–H groups in total. The van der Waals surface area contributed by atoms with E-state index in [4.69, 9.17) is 9.47 Å². The Morgan fingerprint density at radius 2 is 2.26 bits per heavy atom. The molecule has 7 nitrogen and oxygen atoms in total. The van der Waals surface area contributed by atoms with Gasteiger partial charge < -0.3 is 19.4 Å². The van der Waals surface area contributed by atoms with Crippen molar-refractivity contribution in [2.75, 3.05) is 27.4 Å². The molecule has 1 saturated carbocycles. The van der Waals surface area contributed by atoms with Gasteiger partial charge in [-0.25, -0.2) is 0 Å². The molecule has 1 aliphatic heterocycles. The first-order chi connectivity index (χ1) is 13.0. The summed E-state index contributed by atoms with van der Waals surface area (Å²) >= 11 is 0. The summed E-state index contributed by atoms with van der Waals surface area (Å²) in [5.74, 6) is -0.0596. The van der Waals surface area contributed by atoms with Crippen LogP contribution in [0.25, 0.3) is 0 Å². The van der Waals surface area contributed by atoms with Crippen molar-refractivity contribution in [2.24, 2.45) is 0 Å². The third kappa shape index (κ3) is 4.03. The first-order valence-corrected chi connectivity index (χ1v) is 9.72. The van der Waals surface area contributed by atoms with Gasteiger partial charge in [0.05, 0.1) is 5.60 Å². The van der Waals surface area contributed by atoms with E-state index in [1.165, 1.54) is 7.11 Å². The number of hydrogen-bond donors (Lipinski definition) is 1. The molecule has 2 aliphatic rings. The number of likely N-dealkylation sites (tertiary alicyclic amines) is 1. The fraction of sp³-hybridized carbons (Fsp3) is 0.700. The quantitative estimate of drug-likeness (QED) is 0.785. The summed E-state index contributed by atoms with van der Waals surface area (Å²) in [6, 6.07) is 4.66. The first kappa shape index (κ1) is 19.9. The van der Waals surface area contributed by atoms with Crippen LogP contribution in [0.4, 0.5) is 0 Å². The molecule has 3 rings (SSSR count). The molecule has 0 bridgehead atoms. The number of fused-ring (bicyclic) bond motifs is 1. The highest BCUT2D eigenvalue weighted by molar-refractivity contribution is 5.77. The van der Waals surface area contributed by atoms with Crippen molar-refractivity contribution in [3.05, 3.63) is 23.5 Å². The van der Waals surface area contributed by atoms with Crippen molar-refractivity contribution < 1.29 is 14.3 Å². The monoisotopic (exact) mass is 374 g/mol. The van der Waals surface area contributed by atoms with Crippen LogP contribution in [0.15, 0.2) is 12.3 Å². The van der Waals surface area contributed by atoms with Crippen molar-refractivity contribution in [2.45, 2.75) is 63.4 Å². The van der Waals surface area contributed by atoms with Crippen LogP contribution in [0.5, 0.6) is 0 Å². The molecule has 1 amide bonds. The van der Waals surface area contributed by atoms with Gasteiger partial charge in [0.2, 0.25) is 5.91 Å². The maximum Gasteiger partial charge on any atom is 0.246 e. The number of aromatic nitrogens is 1.